The van der Waals surface area contributed by atoms with E-state index in [0.717, 1.165) is 74.0 Å². The van der Waals surface area contributed by atoms with Crippen LogP contribution in [0.4, 0.5) is 17.3 Å². The molecule has 4 aromatic rings. The maximum atomic E-state index is 6.49. The summed E-state index contributed by atoms with van der Waals surface area (Å²) in [5, 5.41) is 11.7. The standard InChI is InChI=1S/C25H30N10O2/c1-14-5-8-35(17-4-3-16(29-19(14)17)22-28-13-37-33-22)24-20-23(31-32-24)30-18(11-27-20)34-9-6-25(7-10-34)12-36-15(2)21(25)26/h3-4,11,13-15,21H,5-10,12,26H2,1-2H3,(H,30,31,32)/t14-,15+,21-/m1/s1. The van der Waals surface area contributed by atoms with E-state index in [-0.39, 0.29) is 17.6 Å². The van der Waals surface area contributed by atoms with Gasteiger partial charge in [0.15, 0.2) is 17.0 Å². The van der Waals surface area contributed by atoms with E-state index < -0.39 is 0 Å². The number of fused-ring (bicyclic) bond motifs is 2. The highest BCUT2D eigenvalue weighted by Gasteiger charge is 2.47. The van der Waals surface area contributed by atoms with Gasteiger partial charge in [0.25, 0.3) is 0 Å². The normalized spacial score (nSPS) is 25.2. The Balaban J connectivity index is 1.15. The summed E-state index contributed by atoms with van der Waals surface area (Å²) in [4.78, 5) is 23.2. The first-order valence-corrected chi connectivity index (χ1v) is 12.9. The molecule has 0 saturated carbocycles. The molecule has 3 aliphatic rings. The molecule has 0 radical (unpaired) electrons. The van der Waals surface area contributed by atoms with Crippen molar-refractivity contribution in [2.24, 2.45) is 11.1 Å². The number of nitrogens with two attached hydrogens (primary N) is 1. The maximum absolute atomic E-state index is 6.49. The smallest absolute Gasteiger partial charge is 0.220 e. The van der Waals surface area contributed by atoms with E-state index in [4.69, 9.17) is 29.9 Å². The van der Waals surface area contributed by atoms with Crippen LogP contribution in [0.15, 0.2) is 29.2 Å². The lowest BCUT2D eigenvalue weighted by atomic mass is 9.73. The van der Waals surface area contributed by atoms with Gasteiger partial charge in [-0.05, 0) is 38.3 Å². The number of nitrogens with zero attached hydrogens (tertiary/aromatic N) is 8. The molecule has 0 unspecified atom stereocenters. The summed E-state index contributed by atoms with van der Waals surface area (Å²) in [5.41, 5.74) is 10.7. The third kappa shape index (κ3) is 3.57. The molecule has 0 aromatic carbocycles. The number of hydrogen-bond acceptors (Lipinski definition) is 11. The van der Waals surface area contributed by atoms with Crippen molar-refractivity contribution >= 4 is 28.5 Å². The summed E-state index contributed by atoms with van der Waals surface area (Å²) < 4.78 is 10.8. The molecule has 7 heterocycles. The lowest BCUT2D eigenvalue weighted by molar-refractivity contribution is 0.0974. The molecule has 3 N–H and O–H groups in total. The Bertz CT molecular complexity index is 1430. The van der Waals surface area contributed by atoms with Crippen molar-refractivity contribution in [1.29, 1.82) is 0 Å². The van der Waals surface area contributed by atoms with Crippen LogP contribution in [0.2, 0.25) is 0 Å². The number of aromatic nitrogens is 7. The van der Waals surface area contributed by atoms with Gasteiger partial charge in [0.05, 0.1) is 30.3 Å². The van der Waals surface area contributed by atoms with Crippen LogP contribution in [-0.2, 0) is 4.74 Å². The Morgan fingerprint density at radius 1 is 1.11 bits per heavy atom. The Hall–Kier alpha value is -3.64. The number of H-pyrrole nitrogens is 1. The van der Waals surface area contributed by atoms with Gasteiger partial charge >= 0.3 is 0 Å². The zero-order valence-corrected chi connectivity index (χ0v) is 21.0. The maximum Gasteiger partial charge on any atom is 0.220 e. The number of aromatic amines is 1. The summed E-state index contributed by atoms with van der Waals surface area (Å²) in [6, 6.07) is 4.05. The Morgan fingerprint density at radius 2 is 1.97 bits per heavy atom. The minimum atomic E-state index is 0.0744. The van der Waals surface area contributed by atoms with Gasteiger partial charge in [-0.3, -0.25) is 5.10 Å². The first-order valence-electron chi connectivity index (χ1n) is 12.9. The highest BCUT2D eigenvalue weighted by molar-refractivity contribution is 5.88. The number of anilines is 3. The van der Waals surface area contributed by atoms with Crippen LogP contribution in [0.25, 0.3) is 22.7 Å². The summed E-state index contributed by atoms with van der Waals surface area (Å²) in [6.45, 7) is 7.60. The summed E-state index contributed by atoms with van der Waals surface area (Å²) in [7, 11) is 0. The van der Waals surface area contributed by atoms with Crippen LogP contribution in [-0.4, -0.2) is 73.7 Å². The lowest BCUT2D eigenvalue weighted by Crippen LogP contribution is -2.50. The molecule has 2 fully saturated rings. The Morgan fingerprint density at radius 3 is 2.73 bits per heavy atom. The van der Waals surface area contributed by atoms with Crippen LogP contribution in [0, 0.1) is 5.41 Å². The predicted molar refractivity (Wildman–Crippen MR) is 137 cm³/mol. The van der Waals surface area contributed by atoms with Crippen LogP contribution in [0.3, 0.4) is 0 Å². The number of hydrogen-bond donors (Lipinski definition) is 2. The zero-order valence-electron chi connectivity index (χ0n) is 21.0. The molecule has 37 heavy (non-hydrogen) atoms. The average molecular weight is 503 g/mol. The van der Waals surface area contributed by atoms with Gasteiger partial charge < -0.3 is 24.8 Å². The van der Waals surface area contributed by atoms with E-state index in [0.29, 0.717) is 23.1 Å². The minimum absolute atomic E-state index is 0.0744. The quantitative estimate of drug-likeness (QED) is 0.426. The molecule has 7 rings (SSSR count). The van der Waals surface area contributed by atoms with Gasteiger partial charge in [0, 0.05) is 37.0 Å². The number of nitrogens with one attached hydrogen (secondary N) is 1. The highest BCUT2D eigenvalue weighted by Crippen LogP contribution is 2.43. The molecule has 2 saturated heterocycles. The fourth-order valence-electron chi connectivity index (χ4n) is 6.04. The first kappa shape index (κ1) is 22.5. The van der Waals surface area contributed by atoms with Crippen LogP contribution < -0.4 is 15.5 Å². The lowest BCUT2D eigenvalue weighted by Gasteiger charge is -2.41. The molecule has 0 amide bonds. The number of rotatable bonds is 3. The molecule has 1 spiro atoms. The largest absolute Gasteiger partial charge is 0.376 e. The SMILES string of the molecule is C[C@@H]1CCN(c2n[nH]c3nc(N4CCC5(CC4)CO[C@@H](C)[C@H]5N)cnc23)c2ccc(-c3ncon3)nc21. The summed E-state index contributed by atoms with van der Waals surface area (Å²) in [5.74, 6) is 2.40. The Kier molecular flexibility index (Phi) is 5.15. The van der Waals surface area contributed by atoms with Crippen molar-refractivity contribution in [2.75, 3.05) is 36.0 Å². The fourth-order valence-corrected chi connectivity index (χ4v) is 6.04. The fraction of sp³-hybridized carbons (Fsp3) is 0.520. The summed E-state index contributed by atoms with van der Waals surface area (Å²) >= 11 is 0. The van der Waals surface area contributed by atoms with E-state index in [1.54, 1.807) is 0 Å². The molecule has 4 aromatic heterocycles. The topological polar surface area (TPSA) is 148 Å². The average Bonchev–Trinajstić information content (AvgIpc) is 3.67. The van der Waals surface area contributed by atoms with E-state index in [9.17, 15) is 0 Å². The van der Waals surface area contributed by atoms with Crippen molar-refractivity contribution in [3.63, 3.8) is 0 Å². The van der Waals surface area contributed by atoms with Crippen LogP contribution >= 0.6 is 0 Å². The summed E-state index contributed by atoms with van der Waals surface area (Å²) in [6.07, 6.45) is 6.22. The van der Waals surface area contributed by atoms with Crippen molar-refractivity contribution < 1.29 is 9.26 Å². The molecule has 0 aliphatic carbocycles. The van der Waals surface area contributed by atoms with Crippen molar-refractivity contribution in [1.82, 2.24) is 35.3 Å². The molecule has 3 atom stereocenters. The van der Waals surface area contributed by atoms with Crippen LogP contribution in [0.1, 0.15) is 44.7 Å². The van der Waals surface area contributed by atoms with E-state index >= 15 is 0 Å². The number of piperidine rings is 1. The first-order chi connectivity index (χ1) is 18.0. The van der Waals surface area contributed by atoms with Gasteiger partial charge in [-0.15, -0.1) is 0 Å². The second-order valence-corrected chi connectivity index (χ2v) is 10.6. The van der Waals surface area contributed by atoms with E-state index in [1.165, 1.54) is 6.39 Å². The number of ether oxygens (including phenoxy) is 1. The molecular formula is C25H30N10O2. The third-order valence-electron chi connectivity index (χ3n) is 8.46. The van der Waals surface area contributed by atoms with Gasteiger partial charge in [-0.1, -0.05) is 12.1 Å². The van der Waals surface area contributed by atoms with Gasteiger partial charge in [0.2, 0.25) is 12.2 Å². The van der Waals surface area contributed by atoms with E-state index in [1.807, 2.05) is 18.3 Å². The third-order valence-corrected chi connectivity index (χ3v) is 8.46. The molecule has 12 heteroatoms. The van der Waals surface area contributed by atoms with E-state index in [2.05, 4.69) is 44.0 Å². The van der Waals surface area contributed by atoms with Gasteiger partial charge in [-0.2, -0.15) is 10.1 Å². The second-order valence-electron chi connectivity index (χ2n) is 10.6. The Labute approximate surface area is 213 Å². The molecular weight excluding hydrogens is 472 g/mol. The molecule has 0 bridgehead atoms. The zero-order chi connectivity index (χ0) is 25.1. The van der Waals surface area contributed by atoms with Crippen molar-refractivity contribution in [3.05, 3.63) is 30.4 Å². The molecule has 12 nitrogen and oxygen atoms in total. The van der Waals surface area contributed by atoms with Crippen LogP contribution in [0.5, 0.6) is 0 Å². The van der Waals surface area contributed by atoms with Crippen molar-refractivity contribution in [2.45, 2.75) is 51.2 Å². The second kappa shape index (κ2) is 8.45. The highest BCUT2D eigenvalue weighted by atomic mass is 16.5. The monoisotopic (exact) mass is 502 g/mol. The minimum Gasteiger partial charge on any atom is -0.376 e. The van der Waals surface area contributed by atoms with Gasteiger partial charge in [-0.25, -0.2) is 15.0 Å². The van der Waals surface area contributed by atoms with Crippen molar-refractivity contribution in [3.8, 4) is 11.5 Å². The molecule has 192 valence electrons. The van der Waals surface area contributed by atoms with Gasteiger partial charge in [0.1, 0.15) is 11.5 Å². The predicted octanol–water partition coefficient (Wildman–Crippen LogP) is 2.78. The number of pyridine rings is 1. The molecule has 3 aliphatic heterocycles.